The number of fused-ring (bicyclic) bond motifs is 1. The third-order valence-electron chi connectivity index (χ3n) is 2.29. The van der Waals surface area contributed by atoms with Crippen molar-refractivity contribution in [1.29, 1.82) is 0 Å². The summed E-state index contributed by atoms with van der Waals surface area (Å²) in [6.07, 6.45) is 1.68. The van der Waals surface area contributed by atoms with Crippen LogP contribution in [0.5, 0.6) is 0 Å². The van der Waals surface area contributed by atoms with Gasteiger partial charge in [-0.3, -0.25) is 0 Å². The standard InChI is InChI=1S/C11H9NO2/c1-2-8-4-6-13-10(8)9(3-1)11-12-5-7-14-11/h1-4,6H,5,7H2. The third kappa shape index (κ3) is 1.02. The lowest BCUT2D eigenvalue weighted by atomic mass is 10.1. The number of hydrogen-bond acceptors (Lipinski definition) is 3. The predicted molar refractivity (Wildman–Crippen MR) is 53.6 cm³/mol. The molecule has 0 N–H and O–H groups in total. The molecule has 1 aliphatic heterocycles. The van der Waals surface area contributed by atoms with E-state index in [1.165, 1.54) is 0 Å². The molecule has 1 aromatic heterocycles. The van der Waals surface area contributed by atoms with E-state index in [2.05, 4.69) is 4.99 Å². The molecule has 0 saturated heterocycles. The van der Waals surface area contributed by atoms with E-state index >= 15 is 0 Å². The van der Waals surface area contributed by atoms with E-state index < -0.39 is 0 Å². The quantitative estimate of drug-likeness (QED) is 0.686. The largest absolute Gasteiger partial charge is 0.475 e. The average Bonchev–Trinajstić information content (AvgIpc) is 2.88. The molecule has 0 saturated carbocycles. The van der Waals surface area contributed by atoms with Gasteiger partial charge in [-0.05, 0) is 12.1 Å². The molecule has 0 bridgehead atoms. The Kier molecular flexibility index (Phi) is 1.56. The second-order valence-corrected chi connectivity index (χ2v) is 3.18. The first-order valence-corrected chi connectivity index (χ1v) is 4.59. The maximum absolute atomic E-state index is 5.41. The van der Waals surface area contributed by atoms with Gasteiger partial charge in [0, 0.05) is 5.39 Å². The fraction of sp³-hybridized carbons (Fsp3) is 0.182. The van der Waals surface area contributed by atoms with Gasteiger partial charge in [-0.15, -0.1) is 0 Å². The SMILES string of the molecule is c1cc(C2=NCCO2)c2occc2c1. The first-order chi connectivity index (χ1) is 6.95. The van der Waals surface area contributed by atoms with Crippen LogP contribution in [0.25, 0.3) is 11.0 Å². The summed E-state index contributed by atoms with van der Waals surface area (Å²) in [5.74, 6) is 0.700. The fourth-order valence-electron chi connectivity index (χ4n) is 1.66. The number of aliphatic imine (C=N–C) groups is 1. The minimum absolute atomic E-state index is 0.673. The third-order valence-corrected chi connectivity index (χ3v) is 2.29. The molecule has 2 heterocycles. The van der Waals surface area contributed by atoms with Crippen LogP contribution >= 0.6 is 0 Å². The number of ether oxygens (including phenoxy) is 1. The molecular formula is C11H9NO2. The lowest BCUT2D eigenvalue weighted by molar-refractivity contribution is 0.348. The molecule has 0 spiro atoms. The van der Waals surface area contributed by atoms with Crippen LogP contribution in [0.15, 0.2) is 39.9 Å². The van der Waals surface area contributed by atoms with Gasteiger partial charge in [-0.2, -0.15) is 0 Å². The molecule has 14 heavy (non-hydrogen) atoms. The highest BCUT2D eigenvalue weighted by Gasteiger charge is 2.14. The van der Waals surface area contributed by atoms with Gasteiger partial charge in [0.2, 0.25) is 5.90 Å². The molecule has 3 nitrogen and oxygen atoms in total. The summed E-state index contributed by atoms with van der Waals surface area (Å²) in [5.41, 5.74) is 1.80. The molecule has 0 amide bonds. The van der Waals surface area contributed by atoms with Crippen molar-refractivity contribution in [2.45, 2.75) is 0 Å². The predicted octanol–water partition coefficient (Wildman–Crippen LogP) is 2.21. The lowest BCUT2D eigenvalue weighted by Gasteiger charge is -2.01. The van der Waals surface area contributed by atoms with Gasteiger partial charge in [0.1, 0.15) is 12.2 Å². The van der Waals surface area contributed by atoms with Gasteiger partial charge in [-0.25, -0.2) is 4.99 Å². The van der Waals surface area contributed by atoms with E-state index in [4.69, 9.17) is 9.15 Å². The van der Waals surface area contributed by atoms with Crippen molar-refractivity contribution in [1.82, 2.24) is 0 Å². The first-order valence-electron chi connectivity index (χ1n) is 4.59. The van der Waals surface area contributed by atoms with Crippen LogP contribution in [-0.4, -0.2) is 19.0 Å². The summed E-state index contributed by atoms with van der Waals surface area (Å²) in [5, 5.41) is 1.08. The van der Waals surface area contributed by atoms with Crippen molar-refractivity contribution in [3.63, 3.8) is 0 Å². The van der Waals surface area contributed by atoms with E-state index in [1.807, 2.05) is 24.3 Å². The van der Waals surface area contributed by atoms with E-state index in [1.54, 1.807) is 6.26 Å². The first kappa shape index (κ1) is 7.62. The van der Waals surface area contributed by atoms with Crippen molar-refractivity contribution in [2.24, 2.45) is 4.99 Å². The molecule has 0 atom stereocenters. The van der Waals surface area contributed by atoms with E-state index in [0.29, 0.717) is 12.5 Å². The Morgan fingerprint density at radius 1 is 1.21 bits per heavy atom. The molecule has 0 aliphatic carbocycles. The lowest BCUT2D eigenvalue weighted by Crippen LogP contribution is -2.00. The number of rotatable bonds is 1. The van der Waals surface area contributed by atoms with Crippen LogP contribution in [0.4, 0.5) is 0 Å². The monoisotopic (exact) mass is 187 g/mol. The minimum Gasteiger partial charge on any atom is -0.475 e. The smallest absolute Gasteiger partial charge is 0.220 e. The fourth-order valence-corrected chi connectivity index (χ4v) is 1.66. The van der Waals surface area contributed by atoms with Crippen LogP contribution in [0, 0.1) is 0 Å². The Bertz CT molecular complexity index is 499. The summed E-state index contributed by atoms with van der Waals surface area (Å²) in [6, 6.07) is 7.90. The molecule has 1 aromatic carbocycles. The van der Waals surface area contributed by atoms with Gasteiger partial charge < -0.3 is 9.15 Å². The van der Waals surface area contributed by atoms with Gasteiger partial charge in [0.05, 0.1) is 18.4 Å². The van der Waals surface area contributed by atoms with Gasteiger partial charge in [-0.1, -0.05) is 12.1 Å². The van der Waals surface area contributed by atoms with E-state index in [-0.39, 0.29) is 0 Å². The van der Waals surface area contributed by atoms with Crippen molar-refractivity contribution in [3.8, 4) is 0 Å². The normalized spacial score (nSPS) is 15.6. The Balaban J connectivity index is 2.24. The summed E-state index contributed by atoms with van der Waals surface area (Å²) in [4.78, 5) is 4.27. The Labute approximate surface area is 81.0 Å². The zero-order chi connectivity index (χ0) is 9.38. The summed E-state index contributed by atoms with van der Waals surface area (Å²) < 4.78 is 10.8. The van der Waals surface area contributed by atoms with Crippen LogP contribution in [0.2, 0.25) is 0 Å². The van der Waals surface area contributed by atoms with Crippen LogP contribution < -0.4 is 0 Å². The molecule has 1 aliphatic rings. The highest BCUT2D eigenvalue weighted by molar-refractivity contribution is 6.05. The number of nitrogens with zero attached hydrogens (tertiary/aromatic N) is 1. The topological polar surface area (TPSA) is 34.7 Å². The number of furan rings is 1. The molecule has 2 aromatic rings. The maximum Gasteiger partial charge on any atom is 0.220 e. The van der Waals surface area contributed by atoms with Crippen LogP contribution in [0.3, 0.4) is 0 Å². The molecule has 0 unspecified atom stereocenters. The van der Waals surface area contributed by atoms with Crippen LogP contribution in [-0.2, 0) is 4.74 Å². The van der Waals surface area contributed by atoms with Gasteiger partial charge in [0.15, 0.2) is 0 Å². The van der Waals surface area contributed by atoms with Crippen LogP contribution in [0.1, 0.15) is 5.56 Å². The molecule has 0 fully saturated rings. The Morgan fingerprint density at radius 3 is 3.07 bits per heavy atom. The van der Waals surface area contributed by atoms with Crippen molar-refractivity contribution in [3.05, 3.63) is 36.1 Å². The second-order valence-electron chi connectivity index (χ2n) is 3.18. The second kappa shape index (κ2) is 2.87. The minimum atomic E-state index is 0.673. The number of para-hydroxylation sites is 1. The Morgan fingerprint density at radius 2 is 2.21 bits per heavy atom. The Hall–Kier alpha value is -1.77. The van der Waals surface area contributed by atoms with Crippen molar-refractivity contribution < 1.29 is 9.15 Å². The zero-order valence-corrected chi connectivity index (χ0v) is 7.56. The van der Waals surface area contributed by atoms with Crippen molar-refractivity contribution in [2.75, 3.05) is 13.2 Å². The van der Waals surface area contributed by atoms with Gasteiger partial charge >= 0.3 is 0 Å². The molecule has 3 heteroatoms. The highest BCUT2D eigenvalue weighted by atomic mass is 16.5. The van der Waals surface area contributed by atoms with Crippen molar-refractivity contribution >= 4 is 16.9 Å². The molecular weight excluding hydrogens is 178 g/mol. The summed E-state index contributed by atoms with van der Waals surface area (Å²) >= 11 is 0. The summed E-state index contributed by atoms with van der Waals surface area (Å²) in [7, 11) is 0. The highest BCUT2D eigenvalue weighted by Crippen LogP contribution is 2.21. The molecule has 3 rings (SSSR count). The van der Waals surface area contributed by atoms with E-state index in [9.17, 15) is 0 Å². The molecule has 0 radical (unpaired) electrons. The zero-order valence-electron chi connectivity index (χ0n) is 7.56. The number of hydrogen-bond donors (Lipinski definition) is 0. The average molecular weight is 187 g/mol. The number of benzene rings is 1. The maximum atomic E-state index is 5.41. The molecule has 70 valence electrons. The summed E-state index contributed by atoms with van der Waals surface area (Å²) in [6.45, 7) is 1.42. The van der Waals surface area contributed by atoms with E-state index in [0.717, 1.165) is 23.1 Å². The van der Waals surface area contributed by atoms with Gasteiger partial charge in [0.25, 0.3) is 0 Å².